The molecule has 5 heteroatoms. The SMILES string of the molecule is COc1c(/C(C)=C/C(=O)N2CCCC2)cc2c(-c3ccc(Cl)cc3)coc2c1C. The number of nitrogens with zero attached hydrogens (tertiary/aromatic N) is 1. The Hall–Kier alpha value is -2.72. The van der Waals surface area contributed by atoms with E-state index >= 15 is 0 Å². The van der Waals surface area contributed by atoms with Crippen molar-refractivity contribution in [3.05, 3.63) is 58.8 Å². The molecule has 1 saturated heterocycles. The predicted molar refractivity (Wildman–Crippen MR) is 117 cm³/mol. The van der Waals surface area contributed by atoms with Gasteiger partial charge in [0.2, 0.25) is 5.91 Å². The fourth-order valence-electron chi connectivity index (χ4n) is 4.02. The predicted octanol–water partition coefficient (Wildman–Crippen LogP) is 6.10. The van der Waals surface area contributed by atoms with Crippen LogP contribution in [-0.4, -0.2) is 31.0 Å². The fourth-order valence-corrected chi connectivity index (χ4v) is 4.14. The number of fused-ring (bicyclic) bond motifs is 1. The number of aryl methyl sites for hydroxylation is 1. The van der Waals surface area contributed by atoms with E-state index in [0.717, 1.165) is 70.5 Å². The topological polar surface area (TPSA) is 42.7 Å². The first-order valence-electron chi connectivity index (χ1n) is 9.82. The van der Waals surface area contributed by atoms with Crippen LogP contribution in [0.25, 0.3) is 27.7 Å². The summed E-state index contributed by atoms with van der Waals surface area (Å²) in [5, 5.41) is 1.68. The minimum absolute atomic E-state index is 0.0601. The Kier molecular flexibility index (Phi) is 5.37. The molecule has 1 amide bonds. The van der Waals surface area contributed by atoms with Crippen LogP contribution < -0.4 is 4.74 Å². The number of likely N-dealkylation sites (tertiary alicyclic amines) is 1. The number of rotatable bonds is 4. The van der Waals surface area contributed by atoms with Crippen molar-refractivity contribution in [3.8, 4) is 16.9 Å². The zero-order chi connectivity index (χ0) is 20.5. The first-order valence-corrected chi connectivity index (χ1v) is 10.2. The van der Waals surface area contributed by atoms with Gasteiger partial charge in [-0.05, 0) is 56.0 Å². The smallest absolute Gasteiger partial charge is 0.246 e. The number of allylic oxidation sites excluding steroid dienone is 1. The lowest BCUT2D eigenvalue weighted by Crippen LogP contribution is -2.25. The van der Waals surface area contributed by atoms with Crippen LogP contribution in [0.5, 0.6) is 5.75 Å². The molecule has 3 aromatic rings. The van der Waals surface area contributed by atoms with Gasteiger partial charge in [-0.25, -0.2) is 0 Å². The Labute approximate surface area is 175 Å². The maximum atomic E-state index is 12.6. The summed E-state index contributed by atoms with van der Waals surface area (Å²) in [5.74, 6) is 0.794. The van der Waals surface area contributed by atoms with Crippen LogP contribution in [0.3, 0.4) is 0 Å². The van der Waals surface area contributed by atoms with Gasteiger partial charge in [0.1, 0.15) is 11.3 Å². The second kappa shape index (κ2) is 7.96. The van der Waals surface area contributed by atoms with Crippen molar-refractivity contribution in [2.24, 2.45) is 0 Å². The molecule has 1 aromatic heterocycles. The van der Waals surface area contributed by atoms with Gasteiger partial charge < -0.3 is 14.1 Å². The van der Waals surface area contributed by atoms with Crippen LogP contribution in [0.2, 0.25) is 5.02 Å². The number of carbonyl (C=O) groups excluding carboxylic acids is 1. The third kappa shape index (κ3) is 3.65. The maximum Gasteiger partial charge on any atom is 0.246 e. The van der Waals surface area contributed by atoms with Crippen LogP contribution in [0.1, 0.15) is 30.9 Å². The second-order valence-electron chi connectivity index (χ2n) is 7.48. The van der Waals surface area contributed by atoms with Crippen LogP contribution in [0.15, 0.2) is 47.1 Å². The molecule has 2 aromatic carbocycles. The largest absolute Gasteiger partial charge is 0.496 e. The number of amides is 1. The van der Waals surface area contributed by atoms with Gasteiger partial charge in [-0.3, -0.25) is 4.79 Å². The molecule has 0 aliphatic carbocycles. The van der Waals surface area contributed by atoms with Gasteiger partial charge >= 0.3 is 0 Å². The van der Waals surface area contributed by atoms with Gasteiger partial charge in [-0.15, -0.1) is 0 Å². The summed E-state index contributed by atoms with van der Waals surface area (Å²) < 4.78 is 11.6. The zero-order valence-corrected chi connectivity index (χ0v) is 17.7. The molecule has 1 fully saturated rings. The van der Waals surface area contributed by atoms with Crippen molar-refractivity contribution < 1.29 is 13.9 Å². The number of ether oxygens (including phenoxy) is 1. The fraction of sp³-hybridized carbons (Fsp3) is 0.292. The molecular weight excluding hydrogens is 386 g/mol. The molecule has 4 nitrogen and oxygen atoms in total. The van der Waals surface area contributed by atoms with E-state index in [9.17, 15) is 4.79 Å². The van der Waals surface area contributed by atoms with Gasteiger partial charge in [0.15, 0.2) is 0 Å². The van der Waals surface area contributed by atoms with Crippen molar-refractivity contribution in [2.75, 3.05) is 20.2 Å². The minimum Gasteiger partial charge on any atom is -0.496 e. The lowest BCUT2D eigenvalue weighted by molar-refractivity contribution is -0.124. The van der Waals surface area contributed by atoms with Gasteiger partial charge in [0.25, 0.3) is 0 Å². The third-order valence-corrected chi connectivity index (χ3v) is 5.84. The van der Waals surface area contributed by atoms with E-state index in [2.05, 4.69) is 6.07 Å². The average molecular weight is 410 g/mol. The van der Waals surface area contributed by atoms with Crippen LogP contribution in [0.4, 0.5) is 0 Å². The molecule has 29 heavy (non-hydrogen) atoms. The van der Waals surface area contributed by atoms with Gasteiger partial charge in [0, 0.05) is 46.3 Å². The summed E-state index contributed by atoms with van der Waals surface area (Å²) in [6, 6.07) is 9.74. The molecule has 0 unspecified atom stereocenters. The highest BCUT2D eigenvalue weighted by atomic mass is 35.5. The first-order chi connectivity index (χ1) is 14.0. The lowest BCUT2D eigenvalue weighted by atomic mass is 9.96. The minimum atomic E-state index is 0.0601. The van der Waals surface area contributed by atoms with Gasteiger partial charge in [0.05, 0.1) is 13.4 Å². The van der Waals surface area contributed by atoms with E-state index in [4.69, 9.17) is 20.8 Å². The van der Waals surface area contributed by atoms with Crippen LogP contribution in [-0.2, 0) is 4.79 Å². The first kappa shape index (κ1) is 19.6. The highest BCUT2D eigenvalue weighted by Gasteiger charge is 2.20. The number of furan rings is 1. The van der Waals surface area contributed by atoms with Crippen LogP contribution >= 0.6 is 11.6 Å². The Morgan fingerprint density at radius 2 is 1.90 bits per heavy atom. The highest BCUT2D eigenvalue weighted by molar-refractivity contribution is 6.30. The highest BCUT2D eigenvalue weighted by Crippen LogP contribution is 2.40. The van der Waals surface area contributed by atoms with E-state index < -0.39 is 0 Å². The molecule has 1 aliphatic rings. The summed E-state index contributed by atoms with van der Waals surface area (Å²) >= 11 is 6.04. The molecule has 2 heterocycles. The molecular formula is C24H24ClNO3. The lowest BCUT2D eigenvalue weighted by Gasteiger charge is -2.16. The molecule has 1 aliphatic heterocycles. The standard InChI is InChI=1S/C24H24ClNO3/c1-15(12-22(27)26-10-4-5-11-26)19-13-20-21(17-6-8-18(25)9-7-17)14-29-24(20)16(2)23(19)28-3/h6-9,12-14H,4-5,10-11H2,1-3H3/b15-12+. The quantitative estimate of drug-likeness (QED) is 0.489. The summed E-state index contributed by atoms with van der Waals surface area (Å²) in [7, 11) is 1.65. The molecule has 150 valence electrons. The molecule has 0 bridgehead atoms. The summed E-state index contributed by atoms with van der Waals surface area (Å²) in [4.78, 5) is 14.5. The normalized spacial score (nSPS) is 14.6. The summed E-state index contributed by atoms with van der Waals surface area (Å²) in [5.41, 5.74) is 5.50. The van der Waals surface area contributed by atoms with E-state index in [0.29, 0.717) is 5.02 Å². The molecule has 0 atom stereocenters. The van der Waals surface area contributed by atoms with Crippen molar-refractivity contribution in [1.82, 2.24) is 4.90 Å². The number of halogens is 1. The van der Waals surface area contributed by atoms with E-state index in [1.165, 1.54) is 0 Å². The van der Waals surface area contributed by atoms with E-state index in [-0.39, 0.29) is 5.91 Å². The number of hydrogen-bond acceptors (Lipinski definition) is 3. The number of methoxy groups -OCH3 is 1. The second-order valence-corrected chi connectivity index (χ2v) is 7.91. The van der Waals surface area contributed by atoms with Crippen molar-refractivity contribution in [2.45, 2.75) is 26.7 Å². The Morgan fingerprint density at radius 1 is 1.21 bits per heavy atom. The number of benzene rings is 2. The molecule has 0 N–H and O–H groups in total. The van der Waals surface area contributed by atoms with Crippen molar-refractivity contribution in [1.29, 1.82) is 0 Å². The maximum absolute atomic E-state index is 12.6. The molecule has 0 radical (unpaired) electrons. The van der Waals surface area contributed by atoms with Gasteiger partial charge in [-0.2, -0.15) is 0 Å². The van der Waals surface area contributed by atoms with Crippen LogP contribution in [0, 0.1) is 6.92 Å². The zero-order valence-electron chi connectivity index (χ0n) is 16.9. The average Bonchev–Trinajstić information content (AvgIpc) is 3.38. The molecule has 0 spiro atoms. The third-order valence-electron chi connectivity index (χ3n) is 5.59. The number of hydrogen-bond donors (Lipinski definition) is 0. The Morgan fingerprint density at radius 3 is 2.55 bits per heavy atom. The van der Waals surface area contributed by atoms with Crippen molar-refractivity contribution in [3.63, 3.8) is 0 Å². The number of carbonyl (C=O) groups is 1. The molecule has 0 saturated carbocycles. The summed E-state index contributed by atoms with van der Waals surface area (Å²) in [6.45, 7) is 5.61. The Bertz CT molecular complexity index is 1090. The van der Waals surface area contributed by atoms with E-state index in [1.54, 1.807) is 19.4 Å². The van der Waals surface area contributed by atoms with Crippen molar-refractivity contribution >= 4 is 34.1 Å². The van der Waals surface area contributed by atoms with Gasteiger partial charge in [-0.1, -0.05) is 23.7 Å². The monoisotopic (exact) mass is 409 g/mol. The Balaban J connectivity index is 1.83. The summed E-state index contributed by atoms with van der Waals surface area (Å²) in [6.07, 6.45) is 5.63. The molecule has 4 rings (SSSR count). The van der Waals surface area contributed by atoms with E-state index in [1.807, 2.05) is 43.0 Å².